The largest absolute Gasteiger partial charge is 0.369 e. The van der Waals surface area contributed by atoms with Crippen molar-refractivity contribution in [1.29, 1.82) is 0 Å². The minimum Gasteiger partial charge on any atom is -0.369 e. The second kappa shape index (κ2) is 12.7. The van der Waals surface area contributed by atoms with Crippen LogP contribution < -0.4 is 15.5 Å². The lowest BCUT2D eigenvalue weighted by Gasteiger charge is -2.37. The number of benzene rings is 1. The molecule has 0 unspecified atom stereocenters. The summed E-state index contributed by atoms with van der Waals surface area (Å²) in [6.07, 6.45) is 10.7. The third-order valence-corrected chi connectivity index (χ3v) is 7.74. The number of aryl methyl sites for hydroxylation is 1. The topological polar surface area (TPSA) is 79.3 Å². The molecule has 2 aromatic rings. The Bertz CT molecular complexity index is 1180. The maximum atomic E-state index is 13.6. The van der Waals surface area contributed by atoms with E-state index in [1.54, 1.807) is 0 Å². The minimum absolute atomic E-state index is 0.0827. The van der Waals surface area contributed by atoms with Crippen molar-refractivity contribution in [2.45, 2.75) is 79.7 Å². The van der Waals surface area contributed by atoms with E-state index in [4.69, 9.17) is 0 Å². The second-order valence-electron chi connectivity index (χ2n) is 10.2. The summed E-state index contributed by atoms with van der Waals surface area (Å²) < 4.78 is 1.87. The van der Waals surface area contributed by atoms with Crippen LogP contribution in [-0.4, -0.2) is 41.2 Å². The molecule has 1 fully saturated rings. The normalized spacial score (nSPS) is 15.3. The Hall–Kier alpha value is -3.35. The van der Waals surface area contributed by atoms with Gasteiger partial charge in [0.25, 0.3) is 5.91 Å². The van der Waals surface area contributed by atoms with Gasteiger partial charge in [-0.1, -0.05) is 24.8 Å². The SMILES string of the molecule is CCN(c1cc(-c2cnn(C)c2C)cc(C(=O)NC/C(C)=C(C)/C=C(/C)NC=O)c1C)C1CCCCC1. The monoisotopic (exact) mass is 505 g/mol. The summed E-state index contributed by atoms with van der Waals surface area (Å²) in [6, 6.07) is 4.76. The fraction of sp³-hybridized carbons (Fsp3) is 0.500. The molecule has 0 bridgehead atoms. The second-order valence-corrected chi connectivity index (χ2v) is 10.2. The summed E-state index contributed by atoms with van der Waals surface area (Å²) >= 11 is 0. The van der Waals surface area contributed by atoms with Gasteiger partial charge in [0, 0.05) is 54.4 Å². The van der Waals surface area contributed by atoms with E-state index in [0.29, 0.717) is 24.6 Å². The highest BCUT2D eigenvalue weighted by Gasteiger charge is 2.25. The summed E-state index contributed by atoms with van der Waals surface area (Å²) in [4.78, 5) is 26.8. The first-order valence-corrected chi connectivity index (χ1v) is 13.4. The molecule has 1 heterocycles. The maximum Gasteiger partial charge on any atom is 0.251 e. The van der Waals surface area contributed by atoms with Crippen LogP contribution in [0.4, 0.5) is 5.69 Å². The van der Waals surface area contributed by atoms with E-state index < -0.39 is 0 Å². The van der Waals surface area contributed by atoms with Gasteiger partial charge < -0.3 is 15.5 Å². The first-order valence-electron chi connectivity index (χ1n) is 13.4. The summed E-state index contributed by atoms with van der Waals surface area (Å²) in [5.41, 5.74) is 8.81. The van der Waals surface area contributed by atoms with E-state index in [9.17, 15) is 9.59 Å². The van der Waals surface area contributed by atoms with Gasteiger partial charge in [-0.2, -0.15) is 5.10 Å². The van der Waals surface area contributed by atoms with Crippen molar-refractivity contribution in [2.75, 3.05) is 18.0 Å². The third kappa shape index (κ3) is 6.70. The molecule has 200 valence electrons. The number of rotatable bonds is 10. The Morgan fingerprint density at radius 2 is 1.86 bits per heavy atom. The summed E-state index contributed by atoms with van der Waals surface area (Å²) in [5, 5.41) is 10.2. The van der Waals surface area contributed by atoms with E-state index in [1.165, 1.54) is 32.1 Å². The van der Waals surface area contributed by atoms with Crippen molar-refractivity contribution in [3.8, 4) is 11.1 Å². The lowest BCUT2D eigenvalue weighted by atomic mass is 9.91. The number of allylic oxidation sites excluding steroid dienone is 3. The molecule has 1 aliphatic carbocycles. The zero-order chi connectivity index (χ0) is 27.1. The zero-order valence-electron chi connectivity index (χ0n) is 23.6. The number of nitrogens with zero attached hydrogens (tertiary/aromatic N) is 3. The molecule has 7 nitrogen and oxygen atoms in total. The van der Waals surface area contributed by atoms with Crippen LogP contribution >= 0.6 is 0 Å². The molecular weight excluding hydrogens is 462 g/mol. The summed E-state index contributed by atoms with van der Waals surface area (Å²) in [6.45, 7) is 13.5. The van der Waals surface area contributed by atoms with E-state index in [1.807, 2.05) is 50.8 Å². The highest BCUT2D eigenvalue weighted by molar-refractivity contribution is 5.99. The molecule has 1 aliphatic rings. The lowest BCUT2D eigenvalue weighted by molar-refractivity contribution is -0.108. The van der Waals surface area contributed by atoms with Crippen molar-refractivity contribution in [3.63, 3.8) is 0 Å². The molecule has 0 atom stereocenters. The van der Waals surface area contributed by atoms with Gasteiger partial charge in [0.1, 0.15) is 0 Å². The van der Waals surface area contributed by atoms with Crippen molar-refractivity contribution < 1.29 is 9.59 Å². The number of hydrogen-bond donors (Lipinski definition) is 2. The predicted octanol–water partition coefficient (Wildman–Crippen LogP) is 5.58. The Morgan fingerprint density at radius 1 is 1.16 bits per heavy atom. The van der Waals surface area contributed by atoms with Crippen molar-refractivity contribution in [3.05, 3.63) is 58.1 Å². The van der Waals surface area contributed by atoms with Crippen molar-refractivity contribution in [1.82, 2.24) is 20.4 Å². The van der Waals surface area contributed by atoms with Crippen LogP contribution in [0, 0.1) is 13.8 Å². The molecule has 0 radical (unpaired) electrons. The third-order valence-electron chi connectivity index (χ3n) is 7.74. The first kappa shape index (κ1) is 28.2. The van der Waals surface area contributed by atoms with Crippen molar-refractivity contribution >= 4 is 18.0 Å². The van der Waals surface area contributed by atoms with Gasteiger partial charge in [-0.15, -0.1) is 0 Å². The number of nitrogens with one attached hydrogen (secondary N) is 2. The molecule has 2 amide bonds. The molecule has 0 saturated heterocycles. The van der Waals surface area contributed by atoms with E-state index in [2.05, 4.69) is 47.5 Å². The molecule has 1 aromatic carbocycles. The van der Waals surface area contributed by atoms with Crippen LogP contribution in [0.1, 0.15) is 81.4 Å². The average Bonchev–Trinajstić information content (AvgIpc) is 3.22. The van der Waals surface area contributed by atoms with E-state index in [-0.39, 0.29) is 5.91 Å². The predicted molar refractivity (Wildman–Crippen MR) is 152 cm³/mol. The molecule has 1 saturated carbocycles. The quantitative estimate of drug-likeness (QED) is 0.326. The van der Waals surface area contributed by atoms with E-state index >= 15 is 0 Å². The first-order chi connectivity index (χ1) is 17.7. The van der Waals surface area contributed by atoms with Crippen LogP contribution in [0.2, 0.25) is 0 Å². The number of carbonyl (C=O) groups excluding carboxylic acids is 2. The fourth-order valence-electron chi connectivity index (χ4n) is 5.22. The summed E-state index contributed by atoms with van der Waals surface area (Å²) in [5.74, 6) is -0.0827. The Labute approximate surface area is 222 Å². The van der Waals surface area contributed by atoms with Gasteiger partial charge in [-0.3, -0.25) is 14.3 Å². The van der Waals surface area contributed by atoms with Gasteiger partial charge in [0.2, 0.25) is 6.41 Å². The molecular formula is C30H43N5O2. The number of hydrogen-bond acceptors (Lipinski definition) is 4. The molecule has 0 spiro atoms. The highest BCUT2D eigenvalue weighted by Crippen LogP contribution is 2.35. The summed E-state index contributed by atoms with van der Waals surface area (Å²) in [7, 11) is 1.94. The smallest absolute Gasteiger partial charge is 0.251 e. The van der Waals surface area contributed by atoms with Crippen LogP contribution in [-0.2, 0) is 11.8 Å². The van der Waals surface area contributed by atoms with Gasteiger partial charge in [-0.25, -0.2) is 0 Å². The zero-order valence-corrected chi connectivity index (χ0v) is 23.6. The molecule has 0 aliphatic heterocycles. The van der Waals surface area contributed by atoms with E-state index in [0.717, 1.165) is 51.5 Å². The highest BCUT2D eigenvalue weighted by atomic mass is 16.1. The number of amides is 2. The molecule has 7 heteroatoms. The van der Waals surface area contributed by atoms with Crippen molar-refractivity contribution in [2.24, 2.45) is 7.05 Å². The lowest BCUT2D eigenvalue weighted by Crippen LogP contribution is -2.37. The standard InChI is InChI=1S/C30H43N5O2/c1-8-35(26-12-10-9-11-13-26)29-16-25(28-18-33-34(7)24(28)6)15-27(23(29)5)30(37)31-17-21(3)20(2)14-22(4)32-19-36/h14-16,18-19,26H,8-13,17H2,1-7H3,(H,31,37)(H,32,36)/b21-20+,22-14-. The van der Waals surface area contributed by atoms with Crippen LogP contribution in [0.5, 0.6) is 0 Å². The number of anilines is 1. The number of carbonyl (C=O) groups is 2. The van der Waals surface area contributed by atoms with Gasteiger partial charge in [-0.05, 0) is 89.3 Å². The maximum absolute atomic E-state index is 13.6. The van der Waals surface area contributed by atoms with Gasteiger partial charge >= 0.3 is 0 Å². The van der Waals surface area contributed by atoms with Crippen LogP contribution in [0.25, 0.3) is 11.1 Å². The Kier molecular flexibility index (Phi) is 9.73. The fourth-order valence-corrected chi connectivity index (χ4v) is 5.22. The van der Waals surface area contributed by atoms with Gasteiger partial charge in [0.15, 0.2) is 0 Å². The van der Waals surface area contributed by atoms with Crippen LogP contribution in [0.3, 0.4) is 0 Å². The number of aromatic nitrogens is 2. The molecule has 2 N–H and O–H groups in total. The Morgan fingerprint density at radius 3 is 2.46 bits per heavy atom. The minimum atomic E-state index is -0.0827. The Balaban J connectivity index is 1.99. The van der Waals surface area contributed by atoms with Crippen LogP contribution in [0.15, 0.2) is 41.2 Å². The van der Waals surface area contributed by atoms with Gasteiger partial charge in [0.05, 0.1) is 6.20 Å². The molecule has 3 rings (SSSR count). The average molecular weight is 506 g/mol. The molecule has 1 aromatic heterocycles. The molecule has 37 heavy (non-hydrogen) atoms.